The second kappa shape index (κ2) is 6.07. The molecule has 118 valence electrons. The Bertz CT molecular complexity index is 563. The molecule has 1 aromatic heterocycles. The van der Waals surface area contributed by atoms with Crippen LogP contribution in [-0.2, 0) is 17.8 Å². The molecule has 0 saturated carbocycles. The minimum Gasteiger partial charge on any atom is -0.503 e. The molecule has 2 heterocycles. The molecule has 0 aliphatic carbocycles. The number of hydrogen-bond acceptors (Lipinski definition) is 4. The van der Waals surface area contributed by atoms with Crippen LogP contribution in [0.15, 0.2) is 10.9 Å². The smallest absolute Gasteiger partial charge is 0.406 e. The number of hydrogen-bond donors (Lipinski definition) is 1. The Balaban J connectivity index is 2.37. The SMILES string of the molecule is Cc1cc(=O)c(O)c(CN2CCOCC2)n1CC(F)(F)F. The van der Waals surface area contributed by atoms with Crippen molar-refractivity contribution < 1.29 is 23.0 Å². The number of aryl methyl sites for hydroxylation is 1. The summed E-state index contributed by atoms with van der Waals surface area (Å²) in [7, 11) is 0. The van der Waals surface area contributed by atoms with E-state index in [0.717, 1.165) is 10.6 Å². The molecule has 0 radical (unpaired) electrons. The normalized spacial score (nSPS) is 17.1. The summed E-state index contributed by atoms with van der Waals surface area (Å²) >= 11 is 0. The summed E-state index contributed by atoms with van der Waals surface area (Å²) in [6.45, 7) is 2.34. The van der Waals surface area contributed by atoms with E-state index in [0.29, 0.717) is 26.3 Å². The van der Waals surface area contributed by atoms with Gasteiger partial charge in [0.15, 0.2) is 5.75 Å². The van der Waals surface area contributed by atoms with E-state index >= 15 is 0 Å². The fourth-order valence-corrected chi connectivity index (χ4v) is 2.35. The van der Waals surface area contributed by atoms with Gasteiger partial charge >= 0.3 is 6.18 Å². The lowest BCUT2D eigenvalue weighted by molar-refractivity contribution is -0.141. The van der Waals surface area contributed by atoms with Crippen LogP contribution in [-0.4, -0.2) is 47.1 Å². The number of pyridine rings is 1. The molecule has 0 atom stereocenters. The molecule has 1 aliphatic rings. The Morgan fingerprint density at radius 1 is 1.33 bits per heavy atom. The summed E-state index contributed by atoms with van der Waals surface area (Å²) in [5.41, 5.74) is -0.480. The predicted molar refractivity (Wildman–Crippen MR) is 69.3 cm³/mol. The van der Waals surface area contributed by atoms with Crippen LogP contribution < -0.4 is 5.43 Å². The Hall–Kier alpha value is -1.54. The molecule has 2 rings (SSSR count). The maximum atomic E-state index is 12.7. The zero-order chi connectivity index (χ0) is 15.6. The van der Waals surface area contributed by atoms with Crippen LogP contribution in [0.2, 0.25) is 0 Å². The lowest BCUT2D eigenvalue weighted by Crippen LogP contribution is -2.37. The Morgan fingerprint density at radius 3 is 2.52 bits per heavy atom. The highest BCUT2D eigenvalue weighted by Gasteiger charge is 2.30. The molecule has 1 aromatic rings. The standard InChI is InChI=1S/C13H17F3N2O3/c1-9-6-11(19)12(20)10(18(9)8-13(14,15)16)7-17-2-4-21-5-3-17/h6,20H,2-5,7-8H2,1H3. The minimum absolute atomic E-state index is 0.000718. The van der Waals surface area contributed by atoms with E-state index in [-0.39, 0.29) is 17.9 Å². The number of aromatic nitrogens is 1. The molecule has 8 heteroatoms. The number of aromatic hydroxyl groups is 1. The van der Waals surface area contributed by atoms with E-state index in [1.807, 2.05) is 4.90 Å². The van der Waals surface area contributed by atoms with Crippen molar-refractivity contribution in [1.82, 2.24) is 9.47 Å². The molecule has 1 N–H and O–H groups in total. The number of halogens is 3. The van der Waals surface area contributed by atoms with Crippen LogP contribution in [0, 0.1) is 6.92 Å². The molecular weight excluding hydrogens is 289 g/mol. The predicted octanol–water partition coefficient (Wildman–Crippen LogP) is 1.26. The first kappa shape index (κ1) is 15.8. The molecule has 0 bridgehead atoms. The van der Waals surface area contributed by atoms with Crippen molar-refractivity contribution in [2.24, 2.45) is 0 Å². The summed E-state index contributed by atoms with van der Waals surface area (Å²) < 4.78 is 44.2. The molecule has 21 heavy (non-hydrogen) atoms. The van der Waals surface area contributed by atoms with Crippen LogP contribution in [0.25, 0.3) is 0 Å². The van der Waals surface area contributed by atoms with Crippen molar-refractivity contribution in [3.05, 3.63) is 27.7 Å². The van der Waals surface area contributed by atoms with Gasteiger partial charge in [-0.2, -0.15) is 13.2 Å². The second-order valence-electron chi connectivity index (χ2n) is 5.04. The van der Waals surface area contributed by atoms with Crippen molar-refractivity contribution in [1.29, 1.82) is 0 Å². The van der Waals surface area contributed by atoms with Gasteiger partial charge in [0, 0.05) is 31.4 Å². The van der Waals surface area contributed by atoms with Crippen molar-refractivity contribution in [2.75, 3.05) is 26.3 Å². The Kier molecular flexibility index (Phi) is 4.58. The van der Waals surface area contributed by atoms with E-state index in [4.69, 9.17) is 4.74 Å². The van der Waals surface area contributed by atoms with Gasteiger partial charge in [0.1, 0.15) is 6.54 Å². The monoisotopic (exact) mass is 306 g/mol. The van der Waals surface area contributed by atoms with Crippen LogP contribution >= 0.6 is 0 Å². The molecule has 1 aliphatic heterocycles. The van der Waals surface area contributed by atoms with Gasteiger partial charge in [-0.15, -0.1) is 0 Å². The zero-order valence-corrected chi connectivity index (χ0v) is 11.6. The molecule has 0 spiro atoms. The fourth-order valence-electron chi connectivity index (χ4n) is 2.35. The van der Waals surface area contributed by atoms with E-state index in [9.17, 15) is 23.1 Å². The summed E-state index contributed by atoms with van der Waals surface area (Å²) in [5.74, 6) is -0.614. The third-order valence-corrected chi connectivity index (χ3v) is 3.41. The van der Waals surface area contributed by atoms with Gasteiger partial charge in [0.05, 0.1) is 18.9 Å². The topological polar surface area (TPSA) is 54.7 Å². The molecule has 1 saturated heterocycles. The highest BCUT2D eigenvalue weighted by atomic mass is 19.4. The molecule has 0 amide bonds. The molecule has 0 unspecified atom stereocenters. The number of alkyl halides is 3. The number of nitrogens with zero attached hydrogens (tertiary/aromatic N) is 2. The van der Waals surface area contributed by atoms with Crippen LogP contribution in [0.4, 0.5) is 13.2 Å². The Labute approximate surface area is 119 Å². The quantitative estimate of drug-likeness (QED) is 0.913. The van der Waals surface area contributed by atoms with Gasteiger partial charge in [0.25, 0.3) is 0 Å². The van der Waals surface area contributed by atoms with Crippen molar-refractivity contribution >= 4 is 0 Å². The van der Waals surface area contributed by atoms with Crippen LogP contribution in [0.3, 0.4) is 0 Å². The maximum Gasteiger partial charge on any atom is 0.406 e. The summed E-state index contributed by atoms with van der Waals surface area (Å²) in [6, 6.07) is 1.02. The van der Waals surface area contributed by atoms with E-state index < -0.39 is 23.9 Å². The number of rotatable bonds is 3. The highest BCUT2D eigenvalue weighted by molar-refractivity contribution is 5.30. The molecular formula is C13H17F3N2O3. The van der Waals surface area contributed by atoms with Gasteiger partial charge < -0.3 is 14.4 Å². The first-order valence-electron chi connectivity index (χ1n) is 6.57. The number of morpholine rings is 1. The van der Waals surface area contributed by atoms with Crippen molar-refractivity contribution in [3.8, 4) is 5.75 Å². The fraction of sp³-hybridized carbons (Fsp3) is 0.615. The highest BCUT2D eigenvalue weighted by Crippen LogP contribution is 2.23. The van der Waals surface area contributed by atoms with E-state index in [2.05, 4.69) is 0 Å². The first-order chi connectivity index (χ1) is 9.78. The zero-order valence-electron chi connectivity index (χ0n) is 11.6. The lowest BCUT2D eigenvalue weighted by atomic mass is 10.2. The van der Waals surface area contributed by atoms with Crippen molar-refractivity contribution in [2.45, 2.75) is 26.2 Å². The molecule has 5 nitrogen and oxygen atoms in total. The largest absolute Gasteiger partial charge is 0.503 e. The third kappa shape index (κ3) is 3.98. The maximum absolute atomic E-state index is 12.7. The lowest BCUT2D eigenvalue weighted by Gasteiger charge is -2.28. The minimum atomic E-state index is -4.42. The summed E-state index contributed by atoms with van der Waals surface area (Å²) in [6.07, 6.45) is -4.42. The van der Waals surface area contributed by atoms with E-state index in [1.54, 1.807) is 0 Å². The molecule has 1 fully saturated rings. The summed E-state index contributed by atoms with van der Waals surface area (Å²) in [5, 5.41) is 9.87. The van der Waals surface area contributed by atoms with Gasteiger partial charge in [-0.25, -0.2) is 0 Å². The van der Waals surface area contributed by atoms with Crippen LogP contribution in [0.1, 0.15) is 11.4 Å². The Morgan fingerprint density at radius 2 is 1.95 bits per heavy atom. The van der Waals surface area contributed by atoms with Crippen molar-refractivity contribution in [3.63, 3.8) is 0 Å². The summed E-state index contributed by atoms with van der Waals surface area (Å²) in [4.78, 5) is 13.5. The third-order valence-electron chi connectivity index (χ3n) is 3.41. The molecule has 0 aromatic carbocycles. The number of ether oxygens (including phenoxy) is 1. The average Bonchev–Trinajstić information content (AvgIpc) is 2.40. The second-order valence-corrected chi connectivity index (χ2v) is 5.04. The van der Waals surface area contributed by atoms with Gasteiger partial charge in [-0.05, 0) is 6.92 Å². The van der Waals surface area contributed by atoms with Gasteiger partial charge in [0.2, 0.25) is 5.43 Å². The average molecular weight is 306 g/mol. The first-order valence-corrected chi connectivity index (χ1v) is 6.57. The van der Waals surface area contributed by atoms with Gasteiger partial charge in [-0.1, -0.05) is 0 Å². The van der Waals surface area contributed by atoms with E-state index in [1.165, 1.54) is 6.92 Å². The van der Waals surface area contributed by atoms with Gasteiger partial charge in [-0.3, -0.25) is 9.69 Å². The van der Waals surface area contributed by atoms with Crippen LogP contribution in [0.5, 0.6) is 5.75 Å².